The fraction of sp³-hybridized carbons (Fsp3) is 0.455. The fourth-order valence-electron chi connectivity index (χ4n) is 0.785. The van der Waals surface area contributed by atoms with E-state index in [2.05, 4.69) is 4.72 Å². The van der Waals surface area contributed by atoms with Crippen molar-refractivity contribution in [1.82, 2.24) is 4.72 Å². The van der Waals surface area contributed by atoms with Crippen molar-refractivity contribution in [2.24, 2.45) is 0 Å². The first-order valence-electron chi connectivity index (χ1n) is 4.91. The summed E-state index contributed by atoms with van der Waals surface area (Å²) in [5.74, 6) is 0. The van der Waals surface area contributed by atoms with E-state index in [9.17, 15) is 8.42 Å². The van der Waals surface area contributed by atoms with Crippen molar-refractivity contribution in [2.75, 3.05) is 0 Å². The van der Waals surface area contributed by atoms with Crippen LogP contribution in [0, 0.1) is 0 Å². The first-order chi connectivity index (χ1) is 6.94. The Morgan fingerprint density at radius 1 is 1.20 bits per heavy atom. The molecule has 3 nitrogen and oxygen atoms in total. The zero-order chi connectivity index (χ0) is 11.9. The smallest absolute Gasteiger partial charge is 0.235 e. The Morgan fingerprint density at radius 2 is 1.80 bits per heavy atom. The van der Waals surface area contributed by atoms with E-state index in [1.807, 2.05) is 19.9 Å². The molecule has 0 atom stereocenters. The second kappa shape index (κ2) is 6.45. The molecule has 0 radical (unpaired) electrons. The molecular formula is C11H19NO2S. The molecule has 0 aliphatic carbocycles. The number of nitrogens with one attached hydrogen (secondary N) is 1. The number of sulfonamides is 1. The van der Waals surface area contributed by atoms with Gasteiger partial charge in [-0.3, -0.25) is 4.72 Å². The monoisotopic (exact) mass is 229 g/mol. The second-order valence-electron chi connectivity index (χ2n) is 3.34. The third-order valence-corrected chi connectivity index (χ3v) is 3.46. The van der Waals surface area contributed by atoms with Gasteiger partial charge in [0.15, 0.2) is 0 Å². The SMILES string of the molecule is C\C=C/C=C(\C=C/C)NS(=O)(=O)C(C)C. The van der Waals surface area contributed by atoms with Gasteiger partial charge >= 0.3 is 0 Å². The molecule has 0 unspecified atom stereocenters. The van der Waals surface area contributed by atoms with Gasteiger partial charge in [-0.2, -0.15) is 0 Å². The molecule has 0 saturated carbocycles. The van der Waals surface area contributed by atoms with Crippen molar-refractivity contribution in [3.05, 3.63) is 36.1 Å². The molecule has 0 aromatic carbocycles. The zero-order valence-electron chi connectivity index (χ0n) is 9.69. The largest absolute Gasteiger partial charge is 0.283 e. The molecule has 15 heavy (non-hydrogen) atoms. The molecule has 0 spiro atoms. The lowest BCUT2D eigenvalue weighted by molar-refractivity contribution is 0.580. The number of hydrogen-bond acceptors (Lipinski definition) is 2. The van der Waals surface area contributed by atoms with E-state index in [1.54, 1.807) is 38.2 Å². The molecule has 0 saturated heterocycles. The van der Waals surface area contributed by atoms with Crippen LogP contribution in [0.1, 0.15) is 27.7 Å². The molecule has 0 bridgehead atoms. The molecule has 0 amide bonds. The minimum absolute atomic E-state index is 0.434. The summed E-state index contributed by atoms with van der Waals surface area (Å²) in [6, 6.07) is 0. The van der Waals surface area contributed by atoms with Crippen LogP contribution in [0.2, 0.25) is 0 Å². The van der Waals surface area contributed by atoms with Crippen LogP contribution < -0.4 is 4.72 Å². The quantitative estimate of drug-likeness (QED) is 0.736. The Bertz CT molecular complexity index is 362. The van der Waals surface area contributed by atoms with E-state index < -0.39 is 15.3 Å². The van der Waals surface area contributed by atoms with Crippen LogP contribution in [0.5, 0.6) is 0 Å². The predicted molar refractivity (Wildman–Crippen MR) is 64.9 cm³/mol. The molecule has 86 valence electrons. The van der Waals surface area contributed by atoms with Crippen LogP contribution in [0.25, 0.3) is 0 Å². The number of rotatable bonds is 5. The summed E-state index contributed by atoms with van der Waals surface area (Å²) < 4.78 is 25.7. The summed E-state index contributed by atoms with van der Waals surface area (Å²) in [6.07, 6.45) is 8.86. The summed E-state index contributed by atoms with van der Waals surface area (Å²) in [5, 5.41) is -0.434. The highest BCUT2D eigenvalue weighted by molar-refractivity contribution is 7.90. The maximum Gasteiger partial charge on any atom is 0.235 e. The Morgan fingerprint density at radius 3 is 2.20 bits per heavy atom. The Hall–Kier alpha value is -1.03. The Balaban J connectivity index is 4.86. The lowest BCUT2D eigenvalue weighted by atomic mass is 10.3. The summed E-state index contributed by atoms with van der Waals surface area (Å²) in [5.41, 5.74) is 0.573. The van der Waals surface area contributed by atoms with Gasteiger partial charge in [0.25, 0.3) is 0 Å². The maximum absolute atomic E-state index is 11.6. The topological polar surface area (TPSA) is 46.2 Å². The lowest BCUT2D eigenvalue weighted by Gasteiger charge is -2.10. The molecule has 0 aromatic rings. The van der Waals surface area contributed by atoms with Gasteiger partial charge in [0.05, 0.1) is 5.25 Å². The van der Waals surface area contributed by atoms with Gasteiger partial charge in [-0.1, -0.05) is 18.2 Å². The average Bonchev–Trinajstić information content (AvgIpc) is 2.14. The van der Waals surface area contributed by atoms with E-state index in [0.29, 0.717) is 5.70 Å². The first kappa shape index (κ1) is 14.0. The van der Waals surface area contributed by atoms with Gasteiger partial charge in [0, 0.05) is 5.70 Å². The number of hydrogen-bond donors (Lipinski definition) is 1. The van der Waals surface area contributed by atoms with Crippen LogP contribution in [0.3, 0.4) is 0 Å². The van der Waals surface area contributed by atoms with Crippen molar-refractivity contribution < 1.29 is 8.42 Å². The first-order valence-corrected chi connectivity index (χ1v) is 6.46. The van der Waals surface area contributed by atoms with Crippen molar-refractivity contribution in [2.45, 2.75) is 32.9 Å². The van der Waals surface area contributed by atoms with E-state index in [-0.39, 0.29) is 0 Å². The molecule has 0 fully saturated rings. The van der Waals surface area contributed by atoms with E-state index in [0.717, 1.165) is 0 Å². The predicted octanol–water partition coefficient (Wildman–Crippen LogP) is 2.35. The van der Waals surface area contributed by atoms with Crippen LogP contribution in [-0.2, 0) is 10.0 Å². The third-order valence-electron chi connectivity index (χ3n) is 1.70. The van der Waals surface area contributed by atoms with E-state index in [4.69, 9.17) is 0 Å². The minimum atomic E-state index is -3.25. The average molecular weight is 229 g/mol. The summed E-state index contributed by atoms with van der Waals surface area (Å²) in [4.78, 5) is 0. The van der Waals surface area contributed by atoms with Gasteiger partial charge in [-0.15, -0.1) is 0 Å². The molecule has 0 aromatic heterocycles. The summed E-state index contributed by atoms with van der Waals surface area (Å²) in [7, 11) is -3.25. The van der Waals surface area contributed by atoms with Crippen molar-refractivity contribution in [1.29, 1.82) is 0 Å². The molecular weight excluding hydrogens is 210 g/mol. The van der Waals surface area contributed by atoms with E-state index >= 15 is 0 Å². The zero-order valence-corrected chi connectivity index (χ0v) is 10.5. The summed E-state index contributed by atoms with van der Waals surface area (Å²) in [6.45, 7) is 7.00. The van der Waals surface area contributed by atoms with Gasteiger partial charge in [-0.05, 0) is 39.8 Å². The van der Waals surface area contributed by atoms with Gasteiger partial charge in [0.1, 0.15) is 0 Å². The van der Waals surface area contributed by atoms with Crippen LogP contribution >= 0.6 is 0 Å². The van der Waals surface area contributed by atoms with Crippen LogP contribution in [0.15, 0.2) is 36.1 Å². The van der Waals surface area contributed by atoms with E-state index in [1.165, 1.54) is 0 Å². The standard InChI is InChI=1S/C11H19NO2S/c1-5-7-9-11(8-6-2)12-15(13,14)10(3)4/h5-10,12H,1-4H3/b7-5-,8-6-,11-9+. The maximum atomic E-state index is 11.6. The number of allylic oxidation sites excluding steroid dienone is 5. The molecule has 0 heterocycles. The van der Waals surface area contributed by atoms with Gasteiger partial charge in [-0.25, -0.2) is 8.42 Å². The lowest BCUT2D eigenvalue weighted by Crippen LogP contribution is -2.29. The normalized spacial score (nSPS) is 14.3. The Kier molecular flexibility index (Phi) is 6.01. The fourth-order valence-corrected chi connectivity index (χ4v) is 1.49. The van der Waals surface area contributed by atoms with Gasteiger partial charge in [0.2, 0.25) is 10.0 Å². The van der Waals surface area contributed by atoms with Crippen LogP contribution in [0.4, 0.5) is 0 Å². The van der Waals surface area contributed by atoms with Gasteiger partial charge < -0.3 is 0 Å². The Labute approximate surface area is 92.6 Å². The van der Waals surface area contributed by atoms with Crippen molar-refractivity contribution in [3.63, 3.8) is 0 Å². The molecule has 0 aliphatic heterocycles. The molecule has 4 heteroatoms. The van der Waals surface area contributed by atoms with Crippen molar-refractivity contribution in [3.8, 4) is 0 Å². The molecule has 1 N–H and O–H groups in total. The third kappa shape index (κ3) is 5.42. The molecule has 0 aliphatic rings. The highest BCUT2D eigenvalue weighted by Crippen LogP contribution is 2.02. The molecule has 0 rings (SSSR count). The van der Waals surface area contributed by atoms with Crippen LogP contribution in [-0.4, -0.2) is 13.7 Å². The minimum Gasteiger partial charge on any atom is -0.283 e. The van der Waals surface area contributed by atoms with Crippen molar-refractivity contribution >= 4 is 10.0 Å². The summed E-state index contributed by atoms with van der Waals surface area (Å²) >= 11 is 0. The highest BCUT2D eigenvalue weighted by Gasteiger charge is 2.15. The highest BCUT2D eigenvalue weighted by atomic mass is 32.2. The second-order valence-corrected chi connectivity index (χ2v) is 5.58.